The van der Waals surface area contributed by atoms with Gasteiger partial charge in [-0.1, -0.05) is 18.2 Å². The highest BCUT2D eigenvalue weighted by atomic mass is 32.2. The first-order valence-electron chi connectivity index (χ1n) is 5.15. The Labute approximate surface area is 98.9 Å². The third-order valence-corrected chi connectivity index (χ3v) is 3.00. The number of benzene rings is 1. The lowest BCUT2D eigenvalue weighted by Gasteiger charge is -1.99. The van der Waals surface area contributed by atoms with Crippen molar-refractivity contribution in [2.24, 2.45) is 4.99 Å². The van der Waals surface area contributed by atoms with E-state index in [2.05, 4.69) is 4.99 Å². The summed E-state index contributed by atoms with van der Waals surface area (Å²) in [6.07, 6.45) is 2.76. The van der Waals surface area contributed by atoms with E-state index in [9.17, 15) is 4.79 Å². The van der Waals surface area contributed by atoms with Gasteiger partial charge in [-0.15, -0.1) is 0 Å². The van der Waals surface area contributed by atoms with E-state index in [0.29, 0.717) is 5.90 Å². The predicted molar refractivity (Wildman–Crippen MR) is 65.9 cm³/mol. The van der Waals surface area contributed by atoms with E-state index >= 15 is 0 Å². The first-order valence-corrected chi connectivity index (χ1v) is 6.54. The molecule has 0 spiro atoms. The highest BCUT2D eigenvalue weighted by Gasteiger charge is 2.28. The topological polar surface area (TPSA) is 38.7 Å². The van der Waals surface area contributed by atoms with Crippen LogP contribution >= 0.6 is 11.8 Å². The summed E-state index contributed by atoms with van der Waals surface area (Å²) in [5.41, 5.74) is 0.863. The molecule has 1 aliphatic heterocycles. The number of ether oxygens (including phenoxy) is 1. The summed E-state index contributed by atoms with van der Waals surface area (Å²) in [5.74, 6) is 1.15. The van der Waals surface area contributed by atoms with Crippen LogP contribution in [-0.2, 0) is 9.53 Å². The number of carbonyl (C=O) groups excluding carboxylic acids is 1. The van der Waals surface area contributed by atoms with Crippen LogP contribution in [0.3, 0.4) is 0 Å². The molecule has 1 aromatic rings. The largest absolute Gasteiger partial charge is 0.406 e. The lowest BCUT2D eigenvalue weighted by molar-refractivity contribution is -0.134. The molecule has 1 aliphatic rings. The molecule has 0 unspecified atom stereocenters. The minimum absolute atomic E-state index is 0.229. The summed E-state index contributed by atoms with van der Waals surface area (Å²) >= 11 is 1.71. The van der Waals surface area contributed by atoms with Crippen LogP contribution in [0.15, 0.2) is 35.3 Å². The highest BCUT2D eigenvalue weighted by Crippen LogP contribution is 2.16. The quantitative estimate of drug-likeness (QED) is 0.750. The van der Waals surface area contributed by atoms with Gasteiger partial charge in [-0.25, -0.2) is 9.79 Å². The minimum atomic E-state index is -0.317. The van der Waals surface area contributed by atoms with Crippen molar-refractivity contribution in [3.63, 3.8) is 0 Å². The third-order valence-electron chi connectivity index (χ3n) is 2.36. The van der Waals surface area contributed by atoms with Crippen molar-refractivity contribution in [3.05, 3.63) is 35.9 Å². The van der Waals surface area contributed by atoms with Crippen LogP contribution in [0.25, 0.3) is 0 Å². The van der Waals surface area contributed by atoms with Gasteiger partial charge in [0.1, 0.15) is 0 Å². The Morgan fingerprint density at radius 1 is 1.38 bits per heavy atom. The Balaban J connectivity index is 2.10. The molecule has 1 heterocycles. The number of hydrogen-bond donors (Lipinski definition) is 0. The molecule has 0 bridgehead atoms. The molecule has 0 aromatic heterocycles. The van der Waals surface area contributed by atoms with Crippen LogP contribution in [0.4, 0.5) is 0 Å². The molecule has 16 heavy (non-hydrogen) atoms. The SMILES string of the molecule is CSCC[C@@H]1N=C(c2ccccc2)OC1=O. The molecule has 1 atom stereocenters. The molecule has 0 N–H and O–H groups in total. The zero-order chi connectivity index (χ0) is 11.4. The van der Waals surface area contributed by atoms with Crippen LogP contribution in [0.1, 0.15) is 12.0 Å². The summed E-state index contributed by atoms with van der Waals surface area (Å²) in [6.45, 7) is 0. The Hall–Kier alpha value is -1.29. The van der Waals surface area contributed by atoms with Crippen molar-refractivity contribution in [2.75, 3.05) is 12.0 Å². The Morgan fingerprint density at radius 3 is 2.81 bits per heavy atom. The summed E-state index contributed by atoms with van der Waals surface area (Å²) in [6, 6.07) is 9.20. The average Bonchev–Trinajstić information content (AvgIpc) is 2.69. The van der Waals surface area contributed by atoms with Crippen molar-refractivity contribution in [1.29, 1.82) is 0 Å². The molecule has 0 radical (unpaired) electrons. The predicted octanol–water partition coefficient (Wildman–Crippen LogP) is 2.11. The number of rotatable bonds is 4. The van der Waals surface area contributed by atoms with E-state index in [1.807, 2.05) is 36.6 Å². The van der Waals surface area contributed by atoms with Crippen LogP contribution < -0.4 is 0 Å². The van der Waals surface area contributed by atoms with Crippen molar-refractivity contribution in [1.82, 2.24) is 0 Å². The van der Waals surface area contributed by atoms with Crippen LogP contribution in [0.2, 0.25) is 0 Å². The normalized spacial score (nSPS) is 19.4. The van der Waals surface area contributed by atoms with Gasteiger partial charge in [0.25, 0.3) is 0 Å². The fourth-order valence-corrected chi connectivity index (χ4v) is 1.97. The third kappa shape index (κ3) is 2.44. The Bertz CT molecular complexity index is 403. The van der Waals surface area contributed by atoms with Crippen LogP contribution in [0, 0.1) is 0 Å². The molecule has 0 saturated heterocycles. The number of cyclic esters (lactones) is 1. The van der Waals surface area contributed by atoms with E-state index < -0.39 is 0 Å². The number of aliphatic imine (C=N–C) groups is 1. The lowest BCUT2D eigenvalue weighted by atomic mass is 10.2. The smallest absolute Gasteiger partial charge is 0.337 e. The maximum absolute atomic E-state index is 11.5. The summed E-state index contributed by atoms with van der Waals surface area (Å²) < 4.78 is 5.16. The molecule has 2 rings (SSSR count). The van der Waals surface area contributed by atoms with Gasteiger partial charge in [0.05, 0.1) is 0 Å². The monoisotopic (exact) mass is 235 g/mol. The van der Waals surface area contributed by atoms with Gasteiger partial charge in [-0.3, -0.25) is 0 Å². The van der Waals surface area contributed by atoms with Gasteiger partial charge in [0.2, 0.25) is 5.90 Å². The van der Waals surface area contributed by atoms with Gasteiger partial charge in [0.15, 0.2) is 6.04 Å². The molecule has 0 fully saturated rings. The number of hydrogen-bond acceptors (Lipinski definition) is 4. The summed E-state index contributed by atoms with van der Waals surface area (Å²) in [7, 11) is 0. The molecule has 0 saturated carbocycles. The zero-order valence-electron chi connectivity index (χ0n) is 9.05. The number of esters is 1. The highest BCUT2D eigenvalue weighted by molar-refractivity contribution is 7.98. The number of thioether (sulfide) groups is 1. The van der Waals surface area contributed by atoms with Crippen molar-refractivity contribution >= 4 is 23.6 Å². The molecule has 1 aromatic carbocycles. The zero-order valence-corrected chi connectivity index (χ0v) is 9.87. The Kier molecular flexibility index (Phi) is 3.62. The molecular weight excluding hydrogens is 222 g/mol. The van der Waals surface area contributed by atoms with E-state index in [1.165, 1.54) is 0 Å². The second-order valence-electron chi connectivity index (χ2n) is 3.52. The fourth-order valence-electron chi connectivity index (χ4n) is 1.51. The molecule has 4 heteroatoms. The van der Waals surface area contributed by atoms with Gasteiger partial charge in [-0.05, 0) is 30.6 Å². The van der Waals surface area contributed by atoms with Crippen molar-refractivity contribution in [2.45, 2.75) is 12.5 Å². The maximum atomic E-state index is 11.5. The number of nitrogens with zero attached hydrogens (tertiary/aromatic N) is 1. The first-order chi connectivity index (χ1) is 7.81. The van der Waals surface area contributed by atoms with Crippen LogP contribution in [-0.4, -0.2) is 29.9 Å². The standard InChI is InChI=1S/C12H13NO2S/c1-16-8-7-10-12(14)15-11(13-10)9-5-3-2-4-6-9/h2-6,10H,7-8H2,1H3/t10-/m0/s1. The molecule has 3 nitrogen and oxygen atoms in total. The van der Waals surface area contributed by atoms with E-state index in [0.717, 1.165) is 17.7 Å². The molecule has 0 aliphatic carbocycles. The van der Waals surface area contributed by atoms with E-state index in [-0.39, 0.29) is 12.0 Å². The second-order valence-corrected chi connectivity index (χ2v) is 4.50. The number of carbonyl (C=O) groups is 1. The molecule has 0 amide bonds. The van der Waals surface area contributed by atoms with Gasteiger partial charge >= 0.3 is 5.97 Å². The maximum Gasteiger partial charge on any atom is 0.337 e. The molecule has 84 valence electrons. The van der Waals surface area contributed by atoms with Crippen LogP contribution in [0.5, 0.6) is 0 Å². The van der Waals surface area contributed by atoms with Gasteiger partial charge < -0.3 is 4.74 Å². The van der Waals surface area contributed by atoms with Gasteiger partial charge in [0, 0.05) is 5.56 Å². The second kappa shape index (κ2) is 5.16. The summed E-state index contributed by atoms with van der Waals surface area (Å²) in [5, 5.41) is 0. The average molecular weight is 235 g/mol. The van der Waals surface area contributed by atoms with E-state index in [1.54, 1.807) is 11.8 Å². The van der Waals surface area contributed by atoms with Crippen molar-refractivity contribution in [3.8, 4) is 0 Å². The summed E-state index contributed by atoms with van der Waals surface area (Å²) in [4.78, 5) is 15.8. The van der Waals surface area contributed by atoms with Crippen molar-refractivity contribution < 1.29 is 9.53 Å². The minimum Gasteiger partial charge on any atom is -0.406 e. The molecular formula is C12H13NO2S. The fraction of sp³-hybridized carbons (Fsp3) is 0.333. The lowest BCUT2D eigenvalue weighted by Crippen LogP contribution is -2.15. The van der Waals surface area contributed by atoms with E-state index in [4.69, 9.17) is 4.74 Å². The van der Waals surface area contributed by atoms with Gasteiger partial charge in [-0.2, -0.15) is 11.8 Å². The first kappa shape index (κ1) is 11.2. The Morgan fingerprint density at radius 2 is 2.12 bits per heavy atom.